The minimum atomic E-state index is -0.649. The first-order valence-electron chi connectivity index (χ1n) is 10.4. The first-order valence-corrected chi connectivity index (χ1v) is 10.4. The number of ether oxygens (including phenoxy) is 2. The molecule has 164 valence electrons. The Balaban J connectivity index is 1.83. The highest BCUT2D eigenvalue weighted by Crippen LogP contribution is 2.39. The van der Waals surface area contributed by atoms with E-state index in [1.165, 1.54) is 10.5 Å². The van der Waals surface area contributed by atoms with Gasteiger partial charge in [0.1, 0.15) is 12.4 Å². The van der Waals surface area contributed by atoms with Crippen LogP contribution in [-0.2, 0) is 20.9 Å². The monoisotopic (exact) mass is 423 g/mol. The summed E-state index contributed by atoms with van der Waals surface area (Å²) in [5.74, 6) is -0.922. The lowest BCUT2D eigenvalue weighted by molar-refractivity contribution is -0.130. The molecule has 0 aliphatic carbocycles. The third kappa shape index (κ3) is 4.97. The number of hydrogen-bond donors (Lipinski definition) is 1. The normalized spacial score (nSPS) is 16.4. The van der Waals surface area contributed by atoms with Gasteiger partial charge in [0.2, 0.25) is 0 Å². The predicted molar refractivity (Wildman–Crippen MR) is 118 cm³/mol. The molecule has 0 aromatic heterocycles. The van der Waals surface area contributed by atoms with E-state index in [0.29, 0.717) is 19.0 Å². The maximum atomic E-state index is 12.8. The first-order chi connectivity index (χ1) is 14.8. The average molecular weight is 424 g/mol. The van der Waals surface area contributed by atoms with Crippen molar-refractivity contribution in [2.24, 2.45) is 5.92 Å². The summed E-state index contributed by atoms with van der Waals surface area (Å²) in [5, 5.41) is 10.5. The van der Waals surface area contributed by atoms with Gasteiger partial charge < -0.3 is 19.5 Å². The highest BCUT2D eigenvalue weighted by molar-refractivity contribution is 6.09. The number of rotatable bonds is 9. The van der Waals surface area contributed by atoms with Crippen LogP contribution in [0.25, 0.3) is 0 Å². The van der Waals surface area contributed by atoms with Crippen LogP contribution in [0.15, 0.2) is 59.9 Å². The van der Waals surface area contributed by atoms with Gasteiger partial charge in [-0.25, -0.2) is 0 Å². The second kappa shape index (κ2) is 9.79. The quantitative estimate of drug-likeness (QED) is 0.656. The molecule has 6 heteroatoms. The van der Waals surface area contributed by atoms with E-state index >= 15 is 0 Å². The van der Waals surface area contributed by atoms with E-state index in [2.05, 4.69) is 0 Å². The van der Waals surface area contributed by atoms with Crippen molar-refractivity contribution in [2.45, 2.75) is 33.4 Å². The number of nitrogens with zero attached hydrogens (tertiary/aromatic N) is 1. The molecule has 1 atom stereocenters. The molecular formula is C25H29NO5. The molecule has 0 saturated heterocycles. The summed E-state index contributed by atoms with van der Waals surface area (Å²) in [6.45, 7) is 6.56. The maximum absolute atomic E-state index is 12.8. The molecule has 0 fully saturated rings. The number of hydrogen-bond acceptors (Lipinski definition) is 5. The summed E-state index contributed by atoms with van der Waals surface area (Å²) in [6.07, 6.45) is 0. The van der Waals surface area contributed by atoms with Gasteiger partial charge in [0, 0.05) is 19.6 Å². The van der Waals surface area contributed by atoms with Gasteiger partial charge in [0.15, 0.2) is 11.5 Å². The fraction of sp³-hybridized carbons (Fsp3) is 0.360. The largest absolute Gasteiger partial charge is 0.503 e. The van der Waals surface area contributed by atoms with Crippen LogP contribution in [0, 0.1) is 12.8 Å². The predicted octanol–water partition coefficient (Wildman–Crippen LogP) is 4.14. The Bertz CT molecular complexity index is 960. The van der Waals surface area contributed by atoms with Crippen molar-refractivity contribution in [3.63, 3.8) is 0 Å². The molecule has 31 heavy (non-hydrogen) atoms. The van der Waals surface area contributed by atoms with Crippen molar-refractivity contribution in [3.05, 3.63) is 76.6 Å². The van der Waals surface area contributed by atoms with Crippen molar-refractivity contribution >= 4 is 11.7 Å². The summed E-state index contributed by atoms with van der Waals surface area (Å²) in [5.41, 5.74) is 3.14. The third-order valence-electron chi connectivity index (χ3n) is 5.35. The fourth-order valence-corrected chi connectivity index (χ4v) is 3.58. The van der Waals surface area contributed by atoms with Crippen LogP contribution in [0.5, 0.6) is 5.75 Å². The van der Waals surface area contributed by atoms with Crippen LogP contribution in [-0.4, -0.2) is 42.0 Å². The van der Waals surface area contributed by atoms with Crippen molar-refractivity contribution < 1.29 is 24.2 Å². The zero-order valence-corrected chi connectivity index (χ0v) is 18.4. The second-order valence-corrected chi connectivity index (χ2v) is 8.02. The minimum Gasteiger partial charge on any atom is -0.503 e. The Morgan fingerprint density at radius 3 is 2.32 bits per heavy atom. The summed E-state index contributed by atoms with van der Waals surface area (Å²) in [4.78, 5) is 27.0. The van der Waals surface area contributed by atoms with E-state index in [9.17, 15) is 14.7 Å². The number of aliphatic hydroxyl groups is 1. The van der Waals surface area contributed by atoms with Gasteiger partial charge in [-0.1, -0.05) is 55.8 Å². The summed E-state index contributed by atoms with van der Waals surface area (Å²) in [6, 6.07) is 14.8. The molecule has 0 radical (unpaired) electrons. The topological polar surface area (TPSA) is 76.1 Å². The van der Waals surface area contributed by atoms with Crippen LogP contribution < -0.4 is 4.74 Å². The molecule has 0 bridgehead atoms. The van der Waals surface area contributed by atoms with Gasteiger partial charge in [-0.3, -0.25) is 9.59 Å². The van der Waals surface area contributed by atoms with Crippen LogP contribution in [0.1, 0.15) is 36.6 Å². The fourth-order valence-electron chi connectivity index (χ4n) is 3.58. The lowest BCUT2D eigenvalue weighted by Gasteiger charge is -2.27. The number of aryl methyl sites for hydroxylation is 1. The Kier molecular flexibility index (Phi) is 7.13. The number of aliphatic hydroxyl groups excluding tert-OH is 1. The molecule has 3 rings (SSSR count). The van der Waals surface area contributed by atoms with Gasteiger partial charge >= 0.3 is 0 Å². The van der Waals surface area contributed by atoms with Gasteiger partial charge in [-0.05, 0) is 30.2 Å². The number of amides is 1. The lowest BCUT2D eigenvalue weighted by atomic mass is 9.91. The number of benzene rings is 2. The van der Waals surface area contributed by atoms with E-state index in [-0.39, 0.29) is 23.8 Å². The molecule has 0 spiro atoms. The zero-order chi connectivity index (χ0) is 22.5. The summed E-state index contributed by atoms with van der Waals surface area (Å²) < 4.78 is 11.0. The molecule has 1 unspecified atom stereocenters. The van der Waals surface area contributed by atoms with Crippen LogP contribution >= 0.6 is 0 Å². The maximum Gasteiger partial charge on any atom is 0.290 e. The lowest BCUT2D eigenvalue weighted by Crippen LogP contribution is -2.34. The van der Waals surface area contributed by atoms with Gasteiger partial charge in [-0.15, -0.1) is 0 Å². The SMILES string of the molecule is COCCN1C(=O)C(O)=C(C(=O)C(C)C)C1c1ccc(OCc2ccc(C)cc2)cc1. The number of carbonyl (C=O) groups is 2. The molecule has 1 aliphatic rings. The molecule has 1 amide bonds. The van der Waals surface area contributed by atoms with Crippen molar-refractivity contribution in [3.8, 4) is 5.75 Å². The number of ketones is 1. The van der Waals surface area contributed by atoms with Gasteiger partial charge in [0.05, 0.1) is 18.2 Å². The highest BCUT2D eigenvalue weighted by Gasteiger charge is 2.43. The molecule has 1 aliphatic heterocycles. The average Bonchev–Trinajstić information content (AvgIpc) is 3.01. The Labute approximate surface area is 183 Å². The molecule has 1 heterocycles. The second-order valence-electron chi connectivity index (χ2n) is 8.02. The molecule has 0 saturated carbocycles. The first kappa shape index (κ1) is 22.6. The zero-order valence-electron chi connectivity index (χ0n) is 18.4. The number of carbonyl (C=O) groups excluding carboxylic acids is 2. The standard InChI is InChI=1S/C25H29NO5/c1-16(2)23(27)21-22(26(13-14-30-4)25(29)24(21)28)19-9-11-20(12-10-19)31-15-18-7-5-17(3)6-8-18/h5-12,16,22,28H,13-15H2,1-4H3. The Morgan fingerprint density at radius 1 is 1.10 bits per heavy atom. The highest BCUT2D eigenvalue weighted by atomic mass is 16.5. The number of methoxy groups -OCH3 is 1. The van der Waals surface area contributed by atoms with Crippen LogP contribution in [0.4, 0.5) is 0 Å². The van der Waals surface area contributed by atoms with Crippen LogP contribution in [0.2, 0.25) is 0 Å². The number of Topliss-reactive ketones (excluding diaryl/α,β-unsaturated/α-hetero) is 1. The van der Waals surface area contributed by atoms with Crippen LogP contribution in [0.3, 0.4) is 0 Å². The molecule has 6 nitrogen and oxygen atoms in total. The Morgan fingerprint density at radius 2 is 1.74 bits per heavy atom. The van der Waals surface area contributed by atoms with Gasteiger partial charge in [-0.2, -0.15) is 0 Å². The molecular weight excluding hydrogens is 394 g/mol. The summed E-state index contributed by atoms with van der Waals surface area (Å²) >= 11 is 0. The smallest absolute Gasteiger partial charge is 0.290 e. The van der Waals surface area contributed by atoms with E-state index in [4.69, 9.17) is 9.47 Å². The molecule has 2 aromatic rings. The molecule has 1 N–H and O–H groups in total. The summed E-state index contributed by atoms with van der Waals surface area (Å²) in [7, 11) is 1.54. The van der Waals surface area contributed by atoms with E-state index < -0.39 is 17.7 Å². The van der Waals surface area contributed by atoms with E-state index in [1.54, 1.807) is 21.0 Å². The minimum absolute atomic E-state index is 0.143. The van der Waals surface area contributed by atoms with Crippen molar-refractivity contribution in [1.82, 2.24) is 4.90 Å². The molecule has 2 aromatic carbocycles. The third-order valence-corrected chi connectivity index (χ3v) is 5.35. The van der Waals surface area contributed by atoms with Crippen molar-refractivity contribution in [2.75, 3.05) is 20.3 Å². The Hall–Kier alpha value is -3.12. The van der Waals surface area contributed by atoms with E-state index in [1.807, 2.05) is 55.5 Å². The van der Waals surface area contributed by atoms with Gasteiger partial charge in [0.25, 0.3) is 5.91 Å². The van der Waals surface area contributed by atoms with Crippen molar-refractivity contribution in [1.29, 1.82) is 0 Å². The van der Waals surface area contributed by atoms with E-state index in [0.717, 1.165) is 11.1 Å².